The van der Waals surface area contributed by atoms with Gasteiger partial charge in [0.2, 0.25) is 0 Å². The molecule has 0 spiro atoms. The second-order valence-corrected chi connectivity index (χ2v) is 4.78. The smallest absolute Gasteiger partial charge is 0.0494 e. The van der Waals surface area contributed by atoms with Crippen molar-refractivity contribution < 1.29 is 0 Å². The lowest BCUT2D eigenvalue weighted by molar-refractivity contribution is 0.949. The molecule has 1 aromatic carbocycles. The molecule has 1 heterocycles. The van der Waals surface area contributed by atoms with Crippen molar-refractivity contribution in [2.24, 2.45) is 0 Å². The summed E-state index contributed by atoms with van der Waals surface area (Å²) in [6.07, 6.45) is 2.61. The molecule has 1 aliphatic heterocycles. The van der Waals surface area contributed by atoms with E-state index in [1.54, 1.807) is 0 Å². The summed E-state index contributed by atoms with van der Waals surface area (Å²) < 4.78 is 1.11. The first-order valence-corrected chi connectivity index (χ1v) is 6.23. The second-order valence-electron chi connectivity index (χ2n) is 3.60. The van der Waals surface area contributed by atoms with Gasteiger partial charge in [0.25, 0.3) is 0 Å². The third-order valence-electron chi connectivity index (χ3n) is 2.63. The van der Waals surface area contributed by atoms with Crippen LogP contribution in [-0.4, -0.2) is 13.1 Å². The SMILES string of the molecule is ClCc1cc(Br)ccc1N1CCCC1. The molecule has 0 atom stereocenters. The topological polar surface area (TPSA) is 3.24 Å². The van der Waals surface area contributed by atoms with Crippen molar-refractivity contribution in [3.8, 4) is 0 Å². The first kappa shape index (κ1) is 10.3. The molecule has 1 fully saturated rings. The van der Waals surface area contributed by atoms with Crippen LogP contribution >= 0.6 is 27.5 Å². The maximum Gasteiger partial charge on any atom is 0.0494 e. The number of halogens is 2. The van der Waals surface area contributed by atoms with E-state index in [1.165, 1.54) is 37.2 Å². The molecule has 0 aliphatic carbocycles. The molecule has 1 aromatic rings. The molecule has 14 heavy (non-hydrogen) atoms. The van der Waals surface area contributed by atoms with Crippen LogP contribution in [-0.2, 0) is 5.88 Å². The van der Waals surface area contributed by atoms with Crippen molar-refractivity contribution in [1.82, 2.24) is 0 Å². The molecule has 0 aromatic heterocycles. The van der Waals surface area contributed by atoms with Crippen LogP contribution in [0.3, 0.4) is 0 Å². The molecule has 0 saturated carbocycles. The molecular formula is C11H13BrClN. The van der Waals surface area contributed by atoms with Crippen LogP contribution in [0.5, 0.6) is 0 Å². The zero-order chi connectivity index (χ0) is 9.97. The number of alkyl halides is 1. The summed E-state index contributed by atoms with van der Waals surface area (Å²) in [6.45, 7) is 2.34. The van der Waals surface area contributed by atoms with Crippen molar-refractivity contribution >= 4 is 33.2 Å². The lowest BCUT2D eigenvalue weighted by Crippen LogP contribution is -2.18. The van der Waals surface area contributed by atoms with E-state index < -0.39 is 0 Å². The number of nitrogens with zero attached hydrogens (tertiary/aromatic N) is 1. The lowest BCUT2D eigenvalue weighted by Gasteiger charge is -2.20. The summed E-state index contributed by atoms with van der Waals surface area (Å²) in [5, 5.41) is 0. The molecule has 3 heteroatoms. The van der Waals surface area contributed by atoms with Gasteiger partial charge in [-0.15, -0.1) is 11.6 Å². The van der Waals surface area contributed by atoms with E-state index in [9.17, 15) is 0 Å². The highest BCUT2D eigenvalue weighted by Crippen LogP contribution is 2.28. The fourth-order valence-corrected chi connectivity index (χ4v) is 2.55. The van der Waals surface area contributed by atoms with E-state index in [0.717, 1.165) is 4.47 Å². The van der Waals surface area contributed by atoms with Crippen molar-refractivity contribution in [1.29, 1.82) is 0 Å². The highest BCUT2D eigenvalue weighted by molar-refractivity contribution is 9.10. The van der Waals surface area contributed by atoms with Crippen LogP contribution in [0.1, 0.15) is 18.4 Å². The van der Waals surface area contributed by atoms with Gasteiger partial charge in [-0.3, -0.25) is 0 Å². The number of hydrogen-bond acceptors (Lipinski definition) is 1. The molecule has 1 nitrogen and oxygen atoms in total. The maximum atomic E-state index is 5.93. The first-order valence-electron chi connectivity index (χ1n) is 4.90. The fraction of sp³-hybridized carbons (Fsp3) is 0.455. The highest BCUT2D eigenvalue weighted by Gasteiger charge is 2.15. The van der Waals surface area contributed by atoms with Crippen LogP contribution in [0.15, 0.2) is 22.7 Å². The van der Waals surface area contributed by atoms with Crippen LogP contribution in [0, 0.1) is 0 Å². The van der Waals surface area contributed by atoms with Gasteiger partial charge >= 0.3 is 0 Å². The molecule has 0 N–H and O–H groups in total. The number of benzene rings is 1. The Kier molecular flexibility index (Phi) is 3.34. The molecule has 0 radical (unpaired) electrons. The zero-order valence-corrected chi connectivity index (χ0v) is 10.3. The molecule has 0 unspecified atom stereocenters. The van der Waals surface area contributed by atoms with Gasteiger partial charge in [0, 0.05) is 29.1 Å². The number of anilines is 1. The summed E-state index contributed by atoms with van der Waals surface area (Å²) >= 11 is 9.40. The third-order valence-corrected chi connectivity index (χ3v) is 3.41. The van der Waals surface area contributed by atoms with Gasteiger partial charge in [-0.1, -0.05) is 15.9 Å². The molecule has 0 amide bonds. The summed E-state index contributed by atoms with van der Waals surface area (Å²) in [4.78, 5) is 2.42. The van der Waals surface area contributed by atoms with Crippen molar-refractivity contribution in [3.05, 3.63) is 28.2 Å². The van der Waals surface area contributed by atoms with E-state index >= 15 is 0 Å². The van der Waals surface area contributed by atoms with Gasteiger partial charge in [-0.05, 0) is 36.6 Å². The lowest BCUT2D eigenvalue weighted by atomic mass is 10.2. The Balaban J connectivity index is 2.31. The summed E-state index contributed by atoms with van der Waals surface area (Å²) in [6, 6.07) is 6.36. The minimum Gasteiger partial charge on any atom is -0.371 e. The second kappa shape index (κ2) is 4.54. The van der Waals surface area contributed by atoms with Crippen LogP contribution in [0.25, 0.3) is 0 Å². The van der Waals surface area contributed by atoms with Gasteiger partial charge in [0.15, 0.2) is 0 Å². The number of rotatable bonds is 2. The Morgan fingerprint density at radius 1 is 1.29 bits per heavy atom. The summed E-state index contributed by atoms with van der Waals surface area (Å²) in [5.41, 5.74) is 2.53. The average Bonchev–Trinajstić information content (AvgIpc) is 2.70. The number of hydrogen-bond donors (Lipinski definition) is 0. The van der Waals surface area contributed by atoms with E-state index in [0.29, 0.717) is 5.88 Å². The van der Waals surface area contributed by atoms with Crippen LogP contribution < -0.4 is 4.90 Å². The van der Waals surface area contributed by atoms with Crippen molar-refractivity contribution in [3.63, 3.8) is 0 Å². The minimum atomic E-state index is 0.589. The normalized spacial score (nSPS) is 16.3. The maximum absolute atomic E-state index is 5.93. The minimum absolute atomic E-state index is 0.589. The predicted octanol–water partition coefficient (Wildman–Crippen LogP) is 3.79. The molecule has 0 bridgehead atoms. The molecule has 2 rings (SSSR count). The van der Waals surface area contributed by atoms with Crippen LogP contribution in [0.4, 0.5) is 5.69 Å². The Morgan fingerprint density at radius 2 is 2.00 bits per heavy atom. The summed E-state index contributed by atoms with van der Waals surface area (Å²) in [5.74, 6) is 0.589. The van der Waals surface area contributed by atoms with E-state index in [4.69, 9.17) is 11.6 Å². The first-order chi connectivity index (χ1) is 6.81. The molecule has 76 valence electrons. The molecule has 1 saturated heterocycles. The Hall–Kier alpha value is -0.210. The van der Waals surface area contributed by atoms with Crippen molar-refractivity contribution in [2.45, 2.75) is 18.7 Å². The third kappa shape index (κ3) is 2.06. The predicted molar refractivity (Wildman–Crippen MR) is 65.1 cm³/mol. The largest absolute Gasteiger partial charge is 0.371 e. The standard InChI is InChI=1S/C11H13BrClN/c12-10-3-4-11(9(7-10)8-13)14-5-1-2-6-14/h3-4,7H,1-2,5-6,8H2. The quantitative estimate of drug-likeness (QED) is 0.742. The van der Waals surface area contributed by atoms with E-state index in [-0.39, 0.29) is 0 Å². The zero-order valence-electron chi connectivity index (χ0n) is 7.97. The van der Waals surface area contributed by atoms with E-state index in [1.807, 2.05) is 0 Å². The van der Waals surface area contributed by atoms with Gasteiger partial charge in [-0.2, -0.15) is 0 Å². The summed E-state index contributed by atoms with van der Waals surface area (Å²) in [7, 11) is 0. The van der Waals surface area contributed by atoms with Crippen LogP contribution in [0.2, 0.25) is 0 Å². The van der Waals surface area contributed by atoms with Gasteiger partial charge in [0.1, 0.15) is 0 Å². The highest BCUT2D eigenvalue weighted by atomic mass is 79.9. The molecule has 1 aliphatic rings. The van der Waals surface area contributed by atoms with Gasteiger partial charge in [0.05, 0.1) is 0 Å². The Bertz CT molecular complexity index is 321. The van der Waals surface area contributed by atoms with Gasteiger partial charge < -0.3 is 4.90 Å². The Morgan fingerprint density at radius 3 is 2.64 bits per heavy atom. The van der Waals surface area contributed by atoms with Gasteiger partial charge in [-0.25, -0.2) is 0 Å². The fourth-order valence-electron chi connectivity index (χ4n) is 1.93. The molecular weight excluding hydrogens is 261 g/mol. The monoisotopic (exact) mass is 273 g/mol. The van der Waals surface area contributed by atoms with Crippen molar-refractivity contribution in [2.75, 3.05) is 18.0 Å². The Labute approximate surface area is 98.2 Å². The van der Waals surface area contributed by atoms with E-state index in [2.05, 4.69) is 39.0 Å². The average molecular weight is 275 g/mol.